The molecule has 1 aliphatic rings. The molecular weight excluding hydrogens is 274 g/mol. The van der Waals surface area contributed by atoms with Gasteiger partial charge in [0.05, 0.1) is 11.6 Å². The van der Waals surface area contributed by atoms with Gasteiger partial charge in [-0.15, -0.1) is 11.3 Å². The van der Waals surface area contributed by atoms with Crippen molar-refractivity contribution in [1.82, 2.24) is 5.32 Å². The van der Waals surface area contributed by atoms with Crippen LogP contribution in [-0.2, 0) is 0 Å². The van der Waals surface area contributed by atoms with Gasteiger partial charge in [0.1, 0.15) is 0 Å². The summed E-state index contributed by atoms with van der Waals surface area (Å²) in [6.45, 7) is 4.20. The minimum absolute atomic E-state index is 0.0560. The number of hydrogen-bond donors (Lipinski definition) is 1. The van der Waals surface area contributed by atoms with Gasteiger partial charge >= 0.3 is 0 Å². The standard InChI is InChI=1S/C15H15NO3S/c1-9-5-12(7-20-9)15(17)16-10(2)11-3-4-13-14(6-11)19-8-18-13/h3-7,10H,8H2,1-2H3,(H,16,17)/t10-/m1/s1. The molecule has 1 N–H and O–H groups in total. The van der Waals surface area contributed by atoms with E-state index in [2.05, 4.69) is 5.32 Å². The molecule has 0 radical (unpaired) electrons. The number of aryl methyl sites for hydroxylation is 1. The second-order valence-corrected chi connectivity index (χ2v) is 5.87. The topological polar surface area (TPSA) is 47.6 Å². The highest BCUT2D eigenvalue weighted by molar-refractivity contribution is 7.10. The molecule has 1 aromatic carbocycles. The Kier molecular flexibility index (Phi) is 3.36. The smallest absolute Gasteiger partial charge is 0.252 e. The molecule has 0 bridgehead atoms. The maximum absolute atomic E-state index is 12.1. The van der Waals surface area contributed by atoms with E-state index < -0.39 is 0 Å². The monoisotopic (exact) mass is 289 g/mol. The number of benzene rings is 1. The van der Waals surface area contributed by atoms with Gasteiger partial charge in [0.15, 0.2) is 11.5 Å². The molecule has 2 heterocycles. The van der Waals surface area contributed by atoms with Crippen molar-refractivity contribution in [2.24, 2.45) is 0 Å². The van der Waals surface area contributed by atoms with E-state index in [1.54, 1.807) is 11.3 Å². The predicted molar refractivity (Wildman–Crippen MR) is 77.5 cm³/mol. The summed E-state index contributed by atoms with van der Waals surface area (Å²) in [4.78, 5) is 13.2. The minimum Gasteiger partial charge on any atom is -0.454 e. The number of thiophene rings is 1. The zero-order chi connectivity index (χ0) is 14.1. The minimum atomic E-state index is -0.0859. The maximum Gasteiger partial charge on any atom is 0.252 e. The fourth-order valence-electron chi connectivity index (χ4n) is 2.11. The van der Waals surface area contributed by atoms with Crippen LogP contribution in [0.25, 0.3) is 0 Å². The van der Waals surface area contributed by atoms with Gasteiger partial charge in [0.25, 0.3) is 5.91 Å². The molecule has 1 atom stereocenters. The van der Waals surface area contributed by atoms with Gasteiger partial charge < -0.3 is 14.8 Å². The molecule has 3 rings (SSSR count). The zero-order valence-electron chi connectivity index (χ0n) is 11.3. The second kappa shape index (κ2) is 5.17. The molecule has 0 unspecified atom stereocenters. The number of fused-ring (bicyclic) bond motifs is 1. The fourth-order valence-corrected chi connectivity index (χ4v) is 2.79. The third kappa shape index (κ3) is 2.49. The van der Waals surface area contributed by atoms with Gasteiger partial charge in [-0.2, -0.15) is 0 Å². The Labute approximate surface area is 121 Å². The van der Waals surface area contributed by atoms with Crippen molar-refractivity contribution < 1.29 is 14.3 Å². The molecular formula is C15H15NO3S. The number of ether oxygens (including phenoxy) is 2. The van der Waals surface area contributed by atoms with Crippen LogP contribution in [0.1, 0.15) is 33.8 Å². The summed E-state index contributed by atoms with van der Waals surface area (Å²) >= 11 is 1.57. The molecule has 0 fully saturated rings. The summed E-state index contributed by atoms with van der Waals surface area (Å²) in [5, 5.41) is 4.86. The molecule has 0 aliphatic carbocycles. The Morgan fingerprint density at radius 2 is 2.10 bits per heavy atom. The molecule has 1 aliphatic heterocycles. The largest absolute Gasteiger partial charge is 0.454 e. The lowest BCUT2D eigenvalue weighted by Gasteiger charge is -2.14. The van der Waals surface area contributed by atoms with E-state index >= 15 is 0 Å². The van der Waals surface area contributed by atoms with E-state index in [4.69, 9.17) is 9.47 Å². The SMILES string of the molecule is Cc1cc(C(=O)N[C@H](C)c2ccc3c(c2)OCO3)cs1. The summed E-state index contributed by atoms with van der Waals surface area (Å²) in [6, 6.07) is 7.53. The molecule has 1 amide bonds. The van der Waals surface area contributed by atoms with Gasteiger partial charge in [-0.25, -0.2) is 0 Å². The molecule has 0 saturated carbocycles. The first kappa shape index (κ1) is 13.0. The maximum atomic E-state index is 12.1. The van der Waals surface area contributed by atoms with Gasteiger partial charge in [-0.05, 0) is 37.6 Å². The van der Waals surface area contributed by atoms with E-state index in [0.29, 0.717) is 5.56 Å². The van der Waals surface area contributed by atoms with Crippen LogP contribution in [0.5, 0.6) is 11.5 Å². The lowest BCUT2D eigenvalue weighted by Crippen LogP contribution is -2.26. The fraction of sp³-hybridized carbons (Fsp3) is 0.267. The molecule has 0 spiro atoms. The normalized spacial score (nSPS) is 14.1. The number of carbonyl (C=O) groups excluding carboxylic acids is 1. The van der Waals surface area contributed by atoms with Crippen molar-refractivity contribution in [3.63, 3.8) is 0 Å². The van der Waals surface area contributed by atoms with E-state index in [1.807, 2.05) is 43.5 Å². The van der Waals surface area contributed by atoms with E-state index in [0.717, 1.165) is 21.9 Å². The van der Waals surface area contributed by atoms with E-state index in [1.165, 1.54) is 0 Å². The van der Waals surface area contributed by atoms with Crippen LogP contribution in [-0.4, -0.2) is 12.7 Å². The van der Waals surface area contributed by atoms with E-state index in [9.17, 15) is 4.79 Å². The Morgan fingerprint density at radius 3 is 2.85 bits per heavy atom. The van der Waals surface area contributed by atoms with E-state index in [-0.39, 0.29) is 18.7 Å². The molecule has 1 aromatic heterocycles. The molecule has 104 valence electrons. The van der Waals surface area contributed by atoms with Crippen LogP contribution >= 0.6 is 11.3 Å². The van der Waals surface area contributed by atoms with Gasteiger partial charge in [0, 0.05) is 10.3 Å². The van der Waals surface area contributed by atoms with Crippen molar-refractivity contribution in [2.45, 2.75) is 19.9 Å². The summed E-state index contributed by atoms with van der Waals surface area (Å²) in [5.41, 5.74) is 1.70. The number of nitrogens with one attached hydrogen (secondary N) is 1. The number of hydrogen-bond acceptors (Lipinski definition) is 4. The Hall–Kier alpha value is -2.01. The predicted octanol–water partition coefficient (Wildman–Crippen LogP) is 3.28. The van der Waals surface area contributed by atoms with Crippen molar-refractivity contribution in [1.29, 1.82) is 0 Å². The first-order valence-electron chi connectivity index (χ1n) is 6.39. The Balaban J connectivity index is 1.73. The van der Waals surface area contributed by atoms with Crippen molar-refractivity contribution in [3.8, 4) is 11.5 Å². The highest BCUT2D eigenvalue weighted by atomic mass is 32.1. The van der Waals surface area contributed by atoms with Crippen molar-refractivity contribution in [2.75, 3.05) is 6.79 Å². The Morgan fingerprint density at radius 1 is 1.30 bits per heavy atom. The highest BCUT2D eigenvalue weighted by Crippen LogP contribution is 2.34. The molecule has 20 heavy (non-hydrogen) atoms. The lowest BCUT2D eigenvalue weighted by atomic mass is 10.1. The highest BCUT2D eigenvalue weighted by Gasteiger charge is 2.17. The van der Waals surface area contributed by atoms with Crippen LogP contribution in [0.3, 0.4) is 0 Å². The van der Waals surface area contributed by atoms with Crippen molar-refractivity contribution in [3.05, 3.63) is 45.6 Å². The summed E-state index contributed by atoms with van der Waals surface area (Å²) in [7, 11) is 0. The summed E-state index contributed by atoms with van der Waals surface area (Å²) < 4.78 is 10.6. The zero-order valence-corrected chi connectivity index (χ0v) is 12.1. The summed E-state index contributed by atoms with van der Waals surface area (Å²) in [6.07, 6.45) is 0. The van der Waals surface area contributed by atoms with Gasteiger partial charge in [-0.3, -0.25) is 4.79 Å². The first-order chi connectivity index (χ1) is 9.63. The van der Waals surface area contributed by atoms with Gasteiger partial charge in [0.2, 0.25) is 6.79 Å². The van der Waals surface area contributed by atoms with Crippen LogP contribution in [0, 0.1) is 6.92 Å². The molecule has 2 aromatic rings. The second-order valence-electron chi connectivity index (χ2n) is 4.75. The number of carbonyl (C=O) groups is 1. The number of amides is 1. The third-order valence-electron chi connectivity index (χ3n) is 3.24. The Bertz CT molecular complexity index is 650. The molecule has 0 saturated heterocycles. The molecule has 5 heteroatoms. The first-order valence-corrected chi connectivity index (χ1v) is 7.27. The van der Waals surface area contributed by atoms with Gasteiger partial charge in [-0.1, -0.05) is 6.07 Å². The van der Waals surface area contributed by atoms with Crippen LogP contribution in [0.4, 0.5) is 0 Å². The van der Waals surface area contributed by atoms with Crippen LogP contribution in [0.15, 0.2) is 29.6 Å². The third-order valence-corrected chi connectivity index (χ3v) is 4.10. The van der Waals surface area contributed by atoms with Crippen LogP contribution < -0.4 is 14.8 Å². The lowest BCUT2D eigenvalue weighted by molar-refractivity contribution is 0.0940. The average molecular weight is 289 g/mol. The summed E-state index contributed by atoms with van der Waals surface area (Å²) in [5.74, 6) is 1.43. The number of rotatable bonds is 3. The quantitative estimate of drug-likeness (QED) is 0.943. The van der Waals surface area contributed by atoms with Crippen LogP contribution in [0.2, 0.25) is 0 Å². The van der Waals surface area contributed by atoms with Crippen molar-refractivity contribution >= 4 is 17.2 Å². The molecule has 4 nitrogen and oxygen atoms in total. The average Bonchev–Trinajstić information content (AvgIpc) is 3.05.